The maximum Gasteiger partial charge on any atom is 0.344 e. The van der Waals surface area contributed by atoms with Crippen LogP contribution >= 0.6 is 0 Å². The highest BCUT2D eigenvalue weighted by molar-refractivity contribution is 5.99. The Balaban J connectivity index is 1.59. The van der Waals surface area contributed by atoms with Gasteiger partial charge in [0, 0.05) is 27.7 Å². The minimum atomic E-state index is -1.17. The van der Waals surface area contributed by atoms with E-state index in [9.17, 15) is 9.59 Å². The number of carboxylic acid groups (broad SMARTS) is 1. The summed E-state index contributed by atoms with van der Waals surface area (Å²) >= 11 is 0. The van der Waals surface area contributed by atoms with Gasteiger partial charge in [0.15, 0.2) is 17.7 Å². The molecule has 7 heteroatoms. The SMILES string of the molecule is Cc1c(C)n(Cc2cccc(O[C@@H](C)C(=O)O)c2F)c2ccc(C(=O)N[C@@H](C)c3cccc(C(C)C)c3)cc12. The van der Waals surface area contributed by atoms with E-state index in [1.807, 2.05) is 49.6 Å². The van der Waals surface area contributed by atoms with Gasteiger partial charge in [0.25, 0.3) is 5.91 Å². The zero-order chi connectivity index (χ0) is 28.4. The Morgan fingerprint density at radius 3 is 2.36 bits per heavy atom. The number of ether oxygens (including phenoxy) is 1. The van der Waals surface area contributed by atoms with E-state index < -0.39 is 17.9 Å². The molecule has 0 fully saturated rings. The zero-order valence-corrected chi connectivity index (χ0v) is 23.2. The molecule has 0 aliphatic carbocycles. The van der Waals surface area contributed by atoms with Crippen LogP contribution in [0.2, 0.25) is 0 Å². The van der Waals surface area contributed by atoms with Crippen LogP contribution in [0.5, 0.6) is 5.75 Å². The van der Waals surface area contributed by atoms with Gasteiger partial charge in [-0.25, -0.2) is 9.18 Å². The van der Waals surface area contributed by atoms with Crippen LogP contribution in [0.15, 0.2) is 60.7 Å². The van der Waals surface area contributed by atoms with Crippen LogP contribution in [0.1, 0.15) is 78.0 Å². The van der Waals surface area contributed by atoms with Crippen molar-refractivity contribution < 1.29 is 23.8 Å². The van der Waals surface area contributed by atoms with Crippen molar-refractivity contribution in [1.82, 2.24) is 9.88 Å². The van der Waals surface area contributed by atoms with Crippen LogP contribution < -0.4 is 10.1 Å². The molecule has 3 aromatic carbocycles. The van der Waals surface area contributed by atoms with E-state index in [4.69, 9.17) is 9.84 Å². The predicted octanol–water partition coefficient (Wildman–Crippen LogP) is 6.91. The van der Waals surface area contributed by atoms with E-state index in [0.717, 1.165) is 27.7 Å². The number of nitrogens with one attached hydrogen (secondary N) is 1. The molecular formula is C32H35FN2O4. The first-order valence-electron chi connectivity index (χ1n) is 13.1. The lowest BCUT2D eigenvalue weighted by Crippen LogP contribution is -2.26. The summed E-state index contributed by atoms with van der Waals surface area (Å²) in [6.45, 7) is 11.8. The summed E-state index contributed by atoms with van der Waals surface area (Å²) in [7, 11) is 0. The fourth-order valence-electron chi connectivity index (χ4n) is 4.73. The van der Waals surface area contributed by atoms with Gasteiger partial charge in [-0.1, -0.05) is 50.2 Å². The first-order valence-corrected chi connectivity index (χ1v) is 13.1. The standard InChI is InChI=1S/C32H35FN2O4/c1-18(2)23-9-7-10-24(15-23)20(4)34-31(36)25-13-14-28-27(16-25)19(3)21(5)35(28)17-26-11-8-12-29(30(26)33)39-22(6)32(37)38/h7-16,18,20,22H,17H2,1-6H3,(H,34,36)(H,37,38)/t20-,22-/m0/s1. The van der Waals surface area contributed by atoms with Crippen LogP contribution in [0.25, 0.3) is 10.9 Å². The fraction of sp³-hybridized carbons (Fsp3) is 0.312. The number of amides is 1. The number of carbonyl (C=O) groups excluding carboxylic acids is 1. The van der Waals surface area contributed by atoms with Crippen molar-refractivity contribution in [3.05, 3.63) is 100.0 Å². The van der Waals surface area contributed by atoms with Gasteiger partial charge in [0.05, 0.1) is 12.6 Å². The molecule has 0 radical (unpaired) electrons. The van der Waals surface area contributed by atoms with Crippen LogP contribution in [-0.2, 0) is 11.3 Å². The molecule has 0 aliphatic rings. The average Bonchev–Trinajstić information content (AvgIpc) is 3.14. The molecule has 0 bridgehead atoms. The van der Waals surface area contributed by atoms with E-state index >= 15 is 4.39 Å². The lowest BCUT2D eigenvalue weighted by molar-refractivity contribution is -0.144. The summed E-state index contributed by atoms with van der Waals surface area (Å²) in [5.41, 5.74) is 6.05. The number of aliphatic carboxylic acids is 1. The molecule has 4 aromatic rings. The minimum absolute atomic E-state index is 0.0970. The van der Waals surface area contributed by atoms with Crippen LogP contribution in [0.4, 0.5) is 4.39 Å². The molecule has 0 saturated carbocycles. The molecule has 6 nitrogen and oxygen atoms in total. The molecule has 204 valence electrons. The quantitative estimate of drug-likeness (QED) is 0.246. The predicted molar refractivity (Wildman–Crippen MR) is 151 cm³/mol. The summed E-state index contributed by atoms with van der Waals surface area (Å²) < 4.78 is 22.5. The molecule has 0 spiro atoms. The summed E-state index contributed by atoms with van der Waals surface area (Å²) in [4.78, 5) is 24.3. The maximum absolute atomic E-state index is 15.2. The molecule has 2 atom stereocenters. The first-order chi connectivity index (χ1) is 18.5. The monoisotopic (exact) mass is 530 g/mol. The lowest BCUT2D eigenvalue weighted by Gasteiger charge is -2.17. The number of halogens is 1. The summed E-state index contributed by atoms with van der Waals surface area (Å²) in [5.74, 6) is -1.60. The number of hydrogen-bond acceptors (Lipinski definition) is 3. The molecule has 2 N–H and O–H groups in total. The van der Waals surface area contributed by atoms with E-state index in [1.54, 1.807) is 18.2 Å². The van der Waals surface area contributed by atoms with Gasteiger partial charge in [-0.05, 0) is 74.6 Å². The molecule has 1 amide bonds. The normalized spacial score (nSPS) is 12.9. The number of aryl methyl sites for hydroxylation is 1. The molecule has 4 rings (SSSR count). The van der Waals surface area contributed by atoms with Gasteiger partial charge in [0.1, 0.15) is 0 Å². The second-order valence-electron chi connectivity index (χ2n) is 10.4. The third-order valence-electron chi connectivity index (χ3n) is 7.35. The first kappa shape index (κ1) is 27.9. The van der Waals surface area contributed by atoms with Crippen molar-refractivity contribution in [2.24, 2.45) is 0 Å². The minimum Gasteiger partial charge on any atom is -0.479 e. The van der Waals surface area contributed by atoms with Crippen LogP contribution in [0, 0.1) is 19.7 Å². The van der Waals surface area contributed by atoms with E-state index in [-0.39, 0.29) is 24.2 Å². The van der Waals surface area contributed by atoms with Crippen molar-refractivity contribution in [3.63, 3.8) is 0 Å². The molecule has 0 saturated heterocycles. The molecule has 0 aliphatic heterocycles. The highest BCUT2D eigenvalue weighted by Crippen LogP contribution is 2.30. The van der Waals surface area contributed by atoms with Gasteiger partial charge in [0.2, 0.25) is 0 Å². The Bertz CT molecular complexity index is 1540. The molecule has 1 aromatic heterocycles. The largest absolute Gasteiger partial charge is 0.479 e. The Hall–Kier alpha value is -4.13. The lowest BCUT2D eigenvalue weighted by atomic mass is 9.98. The van der Waals surface area contributed by atoms with E-state index in [2.05, 4.69) is 31.3 Å². The number of benzene rings is 3. The Kier molecular flexibility index (Phi) is 8.09. The average molecular weight is 531 g/mol. The van der Waals surface area contributed by atoms with Gasteiger partial charge >= 0.3 is 5.97 Å². The number of carbonyl (C=O) groups is 2. The topological polar surface area (TPSA) is 80.6 Å². The number of fused-ring (bicyclic) bond motifs is 1. The highest BCUT2D eigenvalue weighted by atomic mass is 19.1. The fourth-order valence-corrected chi connectivity index (χ4v) is 4.73. The second-order valence-corrected chi connectivity index (χ2v) is 10.4. The van der Waals surface area contributed by atoms with Crippen molar-refractivity contribution in [3.8, 4) is 5.75 Å². The molecule has 39 heavy (non-hydrogen) atoms. The van der Waals surface area contributed by atoms with Crippen LogP contribution in [0.3, 0.4) is 0 Å². The summed E-state index contributed by atoms with van der Waals surface area (Å²) in [6, 6.07) is 18.4. The van der Waals surface area contributed by atoms with E-state index in [0.29, 0.717) is 17.0 Å². The number of aromatic nitrogens is 1. The van der Waals surface area contributed by atoms with Gasteiger partial charge < -0.3 is 19.7 Å². The molecule has 0 unspecified atom stereocenters. The van der Waals surface area contributed by atoms with Crippen molar-refractivity contribution in [1.29, 1.82) is 0 Å². The Morgan fingerprint density at radius 2 is 1.67 bits per heavy atom. The van der Waals surface area contributed by atoms with Crippen molar-refractivity contribution in [2.75, 3.05) is 0 Å². The summed E-state index contributed by atoms with van der Waals surface area (Å²) in [6.07, 6.45) is -1.17. The van der Waals surface area contributed by atoms with Crippen LogP contribution in [-0.4, -0.2) is 27.7 Å². The summed E-state index contributed by atoms with van der Waals surface area (Å²) in [5, 5.41) is 13.1. The number of carboxylic acids is 1. The third kappa shape index (κ3) is 5.82. The highest BCUT2D eigenvalue weighted by Gasteiger charge is 2.20. The van der Waals surface area contributed by atoms with Gasteiger partial charge in [-0.15, -0.1) is 0 Å². The molecule has 1 heterocycles. The number of hydrogen-bond donors (Lipinski definition) is 2. The third-order valence-corrected chi connectivity index (χ3v) is 7.35. The smallest absolute Gasteiger partial charge is 0.344 e. The maximum atomic E-state index is 15.2. The van der Waals surface area contributed by atoms with Gasteiger partial charge in [-0.2, -0.15) is 0 Å². The Morgan fingerprint density at radius 1 is 0.974 bits per heavy atom. The van der Waals surface area contributed by atoms with Crippen molar-refractivity contribution >= 4 is 22.8 Å². The second kappa shape index (κ2) is 11.3. The number of nitrogens with zero attached hydrogens (tertiary/aromatic N) is 1. The zero-order valence-electron chi connectivity index (χ0n) is 23.2. The van der Waals surface area contributed by atoms with Gasteiger partial charge in [-0.3, -0.25) is 4.79 Å². The Labute approximate surface area is 228 Å². The van der Waals surface area contributed by atoms with E-state index in [1.165, 1.54) is 18.6 Å². The van der Waals surface area contributed by atoms with Crippen molar-refractivity contribution in [2.45, 2.75) is 66.2 Å². The number of rotatable bonds is 9. The molecular weight excluding hydrogens is 495 g/mol.